The summed E-state index contributed by atoms with van der Waals surface area (Å²) in [7, 11) is -2.41. The molecule has 0 amide bonds. The summed E-state index contributed by atoms with van der Waals surface area (Å²) in [5.41, 5.74) is 7.56. The zero-order chi connectivity index (χ0) is 27.6. The van der Waals surface area contributed by atoms with Crippen LogP contribution in [0, 0.1) is 5.82 Å². The van der Waals surface area contributed by atoms with Crippen LogP contribution in [0.3, 0.4) is 0 Å². The van der Waals surface area contributed by atoms with E-state index in [1.54, 1.807) is 49.6 Å². The van der Waals surface area contributed by atoms with Crippen molar-refractivity contribution in [2.45, 2.75) is 18.3 Å². The van der Waals surface area contributed by atoms with Gasteiger partial charge in [0.1, 0.15) is 10.9 Å². The van der Waals surface area contributed by atoms with Crippen molar-refractivity contribution < 1.29 is 32.6 Å². The Kier molecular flexibility index (Phi) is 10.4. The van der Waals surface area contributed by atoms with Crippen LogP contribution in [-0.4, -0.2) is 46.6 Å². The predicted molar refractivity (Wildman–Crippen MR) is 136 cm³/mol. The molecule has 196 valence electrons. The molecule has 0 bridgehead atoms. The Hall–Kier alpha value is -4.13. The third-order valence-electron chi connectivity index (χ3n) is 5.03. The summed E-state index contributed by atoms with van der Waals surface area (Å²) in [5.74, 6) is -3.11. The molecule has 3 aromatic rings. The molecule has 0 saturated carbocycles. The summed E-state index contributed by atoms with van der Waals surface area (Å²) in [5, 5.41) is 17.4. The maximum Gasteiger partial charge on any atom is 0.328 e. The fourth-order valence-corrected chi connectivity index (χ4v) is 5.11. The van der Waals surface area contributed by atoms with Gasteiger partial charge in [0.25, 0.3) is 0 Å². The number of nitrogens with zero attached hydrogens (tertiary/aromatic N) is 2. The highest BCUT2D eigenvalue weighted by Crippen LogP contribution is 2.35. The van der Waals surface area contributed by atoms with Gasteiger partial charge in [-0.05, 0) is 24.2 Å². The molecule has 2 heterocycles. The summed E-state index contributed by atoms with van der Waals surface area (Å²) >= 11 is 0. The minimum atomic E-state index is -4.08. The van der Waals surface area contributed by atoms with Crippen molar-refractivity contribution in [3.05, 3.63) is 102 Å². The number of hydrogen-bond donors (Lipinski definition) is 4. The van der Waals surface area contributed by atoms with Gasteiger partial charge in [-0.1, -0.05) is 36.4 Å². The molecule has 0 aliphatic heterocycles. The Bertz CT molecular complexity index is 1370. The quantitative estimate of drug-likeness (QED) is 0.228. The van der Waals surface area contributed by atoms with Crippen molar-refractivity contribution in [3.8, 4) is 11.3 Å². The van der Waals surface area contributed by atoms with Crippen molar-refractivity contribution >= 4 is 22.0 Å². The number of aromatic nitrogens is 2. The molecule has 10 nitrogen and oxygen atoms in total. The van der Waals surface area contributed by atoms with Crippen molar-refractivity contribution in [2.24, 2.45) is 5.73 Å². The van der Waals surface area contributed by atoms with E-state index in [0.717, 1.165) is 3.97 Å². The van der Waals surface area contributed by atoms with Crippen molar-refractivity contribution in [1.29, 1.82) is 0 Å². The Balaban J connectivity index is 0.000000521. The lowest BCUT2D eigenvalue weighted by Gasteiger charge is -2.18. The lowest BCUT2D eigenvalue weighted by molar-refractivity contribution is -0.134. The molecule has 3 rings (SSSR count). The zero-order valence-corrected chi connectivity index (χ0v) is 20.7. The molecule has 0 radical (unpaired) electrons. The Labute approximate surface area is 213 Å². The van der Waals surface area contributed by atoms with Crippen molar-refractivity contribution in [1.82, 2.24) is 14.3 Å². The first-order valence-corrected chi connectivity index (χ1v) is 12.3. The largest absolute Gasteiger partial charge is 0.478 e. The lowest BCUT2D eigenvalue weighted by Crippen LogP contribution is -2.21. The number of rotatable bonds is 10. The van der Waals surface area contributed by atoms with E-state index in [9.17, 15) is 18.0 Å². The molecule has 1 atom stereocenters. The fraction of sp³-hybridized carbons (Fsp3) is 0.160. The molecule has 0 spiro atoms. The minimum Gasteiger partial charge on any atom is -0.478 e. The van der Waals surface area contributed by atoms with Crippen LogP contribution in [0.1, 0.15) is 21.9 Å². The van der Waals surface area contributed by atoms with Crippen molar-refractivity contribution in [3.63, 3.8) is 0 Å². The number of halogens is 1. The predicted octanol–water partition coefficient (Wildman–Crippen LogP) is 2.68. The highest BCUT2D eigenvalue weighted by Gasteiger charge is 2.32. The normalized spacial score (nSPS) is 12.0. The molecule has 0 fully saturated rings. The molecule has 1 aromatic carbocycles. The van der Waals surface area contributed by atoms with E-state index in [-0.39, 0.29) is 24.3 Å². The minimum absolute atomic E-state index is 0.0351. The lowest BCUT2D eigenvalue weighted by atomic mass is 10.0. The van der Waals surface area contributed by atoms with E-state index in [1.165, 1.54) is 18.5 Å². The molecule has 0 aliphatic rings. The Morgan fingerprint density at radius 2 is 1.81 bits per heavy atom. The van der Waals surface area contributed by atoms with E-state index >= 15 is 4.39 Å². The average Bonchev–Trinajstić information content (AvgIpc) is 3.21. The monoisotopic (exact) mass is 530 g/mol. The second kappa shape index (κ2) is 13.3. The number of nitrogens with one attached hydrogen (secondary N) is 1. The number of benzene rings is 1. The van der Waals surface area contributed by atoms with Gasteiger partial charge >= 0.3 is 11.9 Å². The molecule has 5 N–H and O–H groups in total. The van der Waals surface area contributed by atoms with E-state index in [1.807, 2.05) is 0 Å². The summed E-state index contributed by atoms with van der Waals surface area (Å²) in [6.07, 6.45) is 6.77. The van der Waals surface area contributed by atoms with E-state index in [2.05, 4.69) is 16.9 Å². The van der Waals surface area contributed by atoms with Gasteiger partial charge in [0.05, 0.1) is 0 Å². The fourth-order valence-electron chi connectivity index (χ4n) is 3.43. The first-order chi connectivity index (χ1) is 17.6. The second-order valence-corrected chi connectivity index (χ2v) is 9.43. The number of pyridine rings is 1. The average molecular weight is 531 g/mol. The first-order valence-electron chi connectivity index (χ1n) is 10.8. The molecule has 37 heavy (non-hydrogen) atoms. The maximum atomic E-state index is 15.4. The molecule has 1 unspecified atom stereocenters. The number of aliphatic carboxylic acids is 2. The summed E-state index contributed by atoms with van der Waals surface area (Å²) in [6, 6.07) is 10.2. The standard InChI is InChI=1S/C21H23FN4O2S.C4H4O4/c1-3-19(16-8-6-10-25-13-16)29(27,28)26-14-17(12-24-2)20(22)21(26)18-9-5-4-7-15(18)11-23;5-3(6)1-2-4(7)8/h3-10,13-14,19,24H,1,11-12,23H2,2H3;1-2H,(H,5,6)(H,7,8)/b;2-1+. The zero-order valence-electron chi connectivity index (χ0n) is 19.9. The number of carbonyl (C=O) groups is 2. The highest BCUT2D eigenvalue weighted by atomic mass is 32.2. The number of hydrogen-bond acceptors (Lipinski definition) is 7. The SMILES string of the molecule is C=CC(c1cccnc1)S(=O)(=O)n1cc(CNC)c(F)c1-c1ccccc1CN.O=C(O)/C=C/C(=O)O. The van der Waals surface area contributed by atoms with Gasteiger partial charge in [-0.25, -0.2) is 26.4 Å². The van der Waals surface area contributed by atoms with Gasteiger partial charge in [0.15, 0.2) is 5.82 Å². The van der Waals surface area contributed by atoms with Gasteiger partial charge in [-0.15, -0.1) is 6.58 Å². The number of nitrogens with two attached hydrogens (primary N) is 1. The van der Waals surface area contributed by atoms with Crippen LogP contribution in [-0.2, 0) is 32.7 Å². The molecular formula is C25H27FN4O6S. The maximum absolute atomic E-state index is 15.4. The molecular weight excluding hydrogens is 503 g/mol. The van der Waals surface area contributed by atoms with E-state index in [0.29, 0.717) is 28.8 Å². The second-order valence-electron chi connectivity index (χ2n) is 7.50. The Morgan fingerprint density at radius 3 is 2.32 bits per heavy atom. The molecule has 0 saturated heterocycles. The van der Waals surface area contributed by atoms with Crippen LogP contribution in [0.2, 0.25) is 0 Å². The summed E-state index contributed by atoms with van der Waals surface area (Å²) in [6.45, 7) is 4.01. The highest BCUT2D eigenvalue weighted by molar-refractivity contribution is 7.90. The van der Waals surface area contributed by atoms with Gasteiger partial charge in [-0.2, -0.15) is 0 Å². The third-order valence-corrected chi connectivity index (χ3v) is 6.98. The number of carboxylic acids is 2. The Morgan fingerprint density at radius 1 is 1.16 bits per heavy atom. The topological polar surface area (TPSA) is 165 Å². The van der Waals surface area contributed by atoms with Crippen molar-refractivity contribution in [2.75, 3.05) is 7.05 Å². The van der Waals surface area contributed by atoms with Crippen LogP contribution in [0.5, 0.6) is 0 Å². The smallest absolute Gasteiger partial charge is 0.328 e. The number of carboxylic acid groups (broad SMARTS) is 2. The van der Waals surface area contributed by atoms with Gasteiger partial charge < -0.3 is 21.3 Å². The molecule has 12 heteroatoms. The summed E-state index contributed by atoms with van der Waals surface area (Å²) < 4.78 is 43.5. The van der Waals surface area contributed by atoms with E-state index < -0.39 is 33.0 Å². The molecule has 2 aromatic heterocycles. The first kappa shape index (κ1) is 29.1. The summed E-state index contributed by atoms with van der Waals surface area (Å²) in [4.78, 5) is 23.1. The van der Waals surface area contributed by atoms with Crippen LogP contribution < -0.4 is 11.1 Å². The molecule has 0 aliphatic carbocycles. The van der Waals surface area contributed by atoms with Gasteiger partial charge in [0, 0.05) is 55.0 Å². The van der Waals surface area contributed by atoms with Gasteiger partial charge in [0.2, 0.25) is 10.0 Å². The van der Waals surface area contributed by atoms with E-state index in [4.69, 9.17) is 15.9 Å². The van der Waals surface area contributed by atoms with Gasteiger partial charge in [-0.3, -0.25) is 4.98 Å². The van der Waals surface area contributed by atoms with Crippen LogP contribution in [0.4, 0.5) is 4.39 Å². The van der Waals surface area contributed by atoms with Crippen LogP contribution in [0.15, 0.2) is 79.8 Å². The van der Waals surface area contributed by atoms with Crippen LogP contribution in [0.25, 0.3) is 11.3 Å². The van der Waals surface area contributed by atoms with Crippen LogP contribution >= 0.6 is 0 Å². The third kappa shape index (κ3) is 7.19.